The molecule has 5 nitrogen and oxygen atoms in total. The number of carbonyl (C=O) groups excluding carboxylic acids is 1. The number of rotatable bonds is 1. The Kier molecular flexibility index (Phi) is 4.43. The summed E-state index contributed by atoms with van der Waals surface area (Å²) in [7, 11) is 0. The van der Waals surface area contributed by atoms with Gasteiger partial charge in [0.15, 0.2) is 5.79 Å². The first kappa shape index (κ1) is 19.3. The Morgan fingerprint density at radius 1 is 1.00 bits per heavy atom. The minimum absolute atomic E-state index is 0.0176. The van der Waals surface area contributed by atoms with Crippen molar-refractivity contribution in [2.45, 2.75) is 90.1 Å². The maximum Gasteiger partial charge on any atom is 0.302 e. The number of esters is 1. The quantitative estimate of drug-likeness (QED) is 0.690. The van der Waals surface area contributed by atoms with Gasteiger partial charge in [0.05, 0.1) is 19.3 Å². The Hall–Kier alpha value is -0.650. The molecule has 28 heavy (non-hydrogen) atoms. The zero-order valence-electron chi connectivity index (χ0n) is 17.6. The van der Waals surface area contributed by atoms with Gasteiger partial charge in [0.2, 0.25) is 0 Å². The van der Waals surface area contributed by atoms with Crippen LogP contribution in [-0.4, -0.2) is 42.3 Å². The average molecular weight is 393 g/mol. The number of carbonyl (C=O) groups is 1. The molecule has 5 rings (SSSR count). The van der Waals surface area contributed by atoms with Crippen LogP contribution in [0.5, 0.6) is 0 Å². The number of fused-ring (bicyclic) bond motifs is 6. The van der Waals surface area contributed by atoms with Gasteiger partial charge in [0.25, 0.3) is 0 Å². The first-order valence-corrected chi connectivity index (χ1v) is 11.4. The van der Waals surface area contributed by atoms with Crippen LogP contribution in [0.15, 0.2) is 0 Å². The second-order valence-corrected chi connectivity index (χ2v) is 10.7. The van der Waals surface area contributed by atoms with Crippen molar-refractivity contribution in [3.05, 3.63) is 0 Å². The van der Waals surface area contributed by atoms with Crippen molar-refractivity contribution >= 4 is 5.97 Å². The molecule has 8 atom stereocenters. The third-order valence-electron chi connectivity index (χ3n) is 9.77. The van der Waals surface area contributed by atoms with E-state index in [1.165, 1.54) is 6.92 Å². The van der Waals surface area contributed by atoms with Crippen LogP contribution < -0.4 is 0 Å². The molecule has 0 amide bonds. The van der Waals surface area contributed by atoms with Crippen LogP contribution in [0.4, 0.5) is 0 Å². The molecule has 5 heteroatoms. The first-order chi connectivity index (χ1) is 13.3. The largest absolute Gasteiger partial charge is 0.463 e. The van der Waals surface area contributed by atoms with Gasteiger partial charge in [-0.2, -0.15) is 0 Å². The summed E-state index contributed by atoms with van der Waals surface area (Å²) in [6, 6.07) is 0. The van der Waals surface area contributed by atoms with Crippen molar-refractivity contribution in [1.29, 1.82) is 0 Å². The van der Waals surface area contributed by atoms with Crippen molar-refractivity contribution in [1.82, 2.24) is 0 Å². The van der Waals surface area contributed by atoms with Gasteiger partial charge in [-0.3, -0.25) is 4.79 Å². The standard InChI is InChI=1S/C23H36O5/c1-14(24)28-16-4-7-21(2)15(12-16)13-19(25)20-17(21)5-8-22(3)18(20)6-9-23(22)26-10-11-27-23/h15-20,25H,4-13H2,1-3H3/t15-,16-,17+,18+,19-,20-,21+,22+/m1/s1. The molecule has 158 valence electrons. The second kappa shape index (κ2) is 6.42. The maximum absolute atomic E-state index is 11.4. The van der Waals surface area contributed by atoms with E-state index in [9.17, 15) is 9.90 Å². The lowest BCUT2D eigenvalue weighted by Crippen LogP contribution is -2.60. The number of hydrogen-bond acceptors (Lipinski definition) is 5. The predicted molar refractivity (Wildman–Crippen MR) is 103 cm³/mol. The minimum atomic E-state index is -0.410. The topological polar surface area (TPSA) is 65.0 Å². The molecule has 1 N–H and O–H groups in total. The molecule has 0 aromatic heterocycles. The minimum Gasteiger partial charge on any atom is -0.463 e. The van der Waals surface area contributed by atoms with E-state index in [2.05, 4.69) is 13.8 Å². The second-order valence-electron chi connectivity index (χ2n) is 10.7. The fourth-order valence-electron chi connectivity index (χ4n) is 8.41. The number of aliphatic hydroxyl groups excluding tert-OH is 1. The van der Waals surface area contributed by atoms with Crippen molar-refractivity contribution in [2.24, 2.45) is 34.5 Å². The van der Waals surface area contributed by atoms with Crippen LogP contribution >= 0.6 is 0 Å². The molecule has 1 spiro atoms. The van der Waals surface area contributed by atoms with E-state index in [-0.39, 0.29) is 29.0 Å². The zero-order chi connectivity index (χ0) is 19.7. The van der Waals surface area contributed by atoms with E-state index in [4.69, 9.17) is 14.2 Å². The maximum atomic E-state index is 11.4. The summed E-state index contributed by atoms with van der Waals surface area (Å²) in [5, 5.41) is 11.3. The molecule has 0 unspecified atom stereocenters. The first-order valence-electron chi connectivity index (χ1n) is 11.4. The molecule has 5 fully saturated rings. The SMILES string of the molecule is CC(=O)O[C@@H]1CC[C@@]2(C)[C@H](C1)C[C@@H](O)[C@@H]1[C@@H]2CC[C@@]2(C)[C@H]1CCC21OCCO1. The van der Waals surface area contributed by atoms with Crippen molar-refractivity contribution < 1.29 is 24.1 Å². The number of aliphatic hydroxyl groups is 1. The smallest absolute Gasteiger partial charge is 0.302 e. The monoisotopic (exact) mass is 392 g/mol. The van der Waals surface area contributed by atoms with Gasteiger partial charge in [-0.15, -0.1) is 0 Å². The summed E-state index contributed by atoms with van der Waals surface area (Å²) in [5.41, 5.74) is 0.263. The van der Waals surface area contributed by atoms with E-state index < -0.39 is 5.79 Å². The normalized spacial score (nSPS) is 52.0. The zero-order valence-corrected chi connectivity index (χ0v) is 17.6. The van der Waals surface area contributed by atoms with E-state index in [0.717, 1.165) is 51.4 Å². The fourth-order valence-corrected chi connectivity index (χ4v) is 8.41. The van der Waals surface area contributed by atoms with Gasteiger partial charge in [-0.1, -0.05) is 13.8 Å². The molecule has 5 aliphatic rings. The molecule has 4 saturated carbocycles. The highest BCUT2D eigenvalue weighted by Crippen LogP contribution is 2.69. The van der Waals surface area contributed by atoms with Crippen molar-refractivity contribution in [3.63, 3.8) is 0 Å². The fraction of sp³-hybridized carbons (Fsp3) is 0.957. The summed E-state index contributed by atoms with van der Waals surface area (Å²) in [4.78, 5) is 11.4. The Balaban J connectivity index is 1.41. The third-order valence-corrected chi connectivity index (χ3v) is 9.77. The summed E-state index contributed by atoms with van der Waals surface area (Å²) < 4.78 is 18.0. The van der Waals surface area contributed by atoms with Gasteiger partial charge >= 0.3 is 5.97 Å². The van der Waals surface area contributed by atoms with Crippen LogP contribution in [0.1, 0.15) is 72.1 Å². The van der Waals surface area contributed by atoms with Crippen LogP contribution in [-0.2, 0) is 19.0 Å². The molecule has 4 aliphatic carbocycles. The molecule has 1 saturated heterocycles. The molecule has 1 heterocycles. The molecule has 1 aliphatic heterocycles. The summed E-state index contributed by atoms with van der Waals surface area (Å²) in [6.45, 7) is 7.74. The Morgan fingerprint density at radius 3 is 2.43 bits per heavy atom. The predicted octanol–water partition coefficient (Wildman–Crippen LogP) is 3.67. The number of hydrogen-bond donors (Lipinski definition) is 1. The van der Waals surface area contributed by atoms with Crippen LogP contribution in [0.2, 0.25) is 0 Å². The number of ether oxygens (including phenoxy) is 3. The lowest BCUT2D eigenvalue weighted by Gasteiger charge is -2.62. The van der Waals surface area contributed by atoms with Gasteiger partial charge in [-0.05, 0) is 74.0 Å². The van der Waals surface area contributed by atoms with Crippen molar-refractivity contribution in [2.75, 3.05) is 13.2 Å². The average Bonchev–Trinajstić information content (AvgIpc) is 3.23. The highest BCUT2D eigenvalue weighted by Gasteiger charge is 2.68. The molecular formula is C23H36O5. The lowest BCUT2D eigenvalue weighted by atomic mass is 9.44. The summed E-state index contributed by atoms with van der Waals surface area (Å²) in [5.74, 6) is 1.23. The Morgan fingerprint density at radius 2 is 1.71 bits per heavy atom. The Bertz CT molecular complexity index is 643. The Labute approximate surface area is 168 Å². The van der Waals surface area contributed by atoms with Gasteiger partial charge in [-0.25, -0.2) is 0 Å². The molecule has 0 radical (unpaired) electrons. The van der Waals surface area contributed by atoms with E-state index in [1.54, 1.807) is 0 Å². The molecular weight excluding hydrogens is 356 g/mol. The van der Waals surface area contributed by atoms with Crippen LogP contribution in [0, 0.1) is 34.5 Å². The highest BCUT2D eigenvalue weighted by molar-refractivity contribution is 5.66. The highest BCUT2D eigenvalue weighted by atomic mass is 16.7. The van der Waals surface area contributed by atoms with E-state index >= 15 is 0 Å². The summed E-state index contributed by atoms with van der Waals surface area (Å²) >= 11 is 0. The van der Waals surface area contributed by atoms with Crippen molar-refractivity contribution in [3.8, 4) is 0 Å². The molecule has 0 bridgehead atoms. The van der Waals surface area contributed by atoms with Crippen LogP contribution in [0.25, 0.3) is 0 Å². The third kappa shape index (κ3) is 2.51. The van der Waals surface area contributed by atoms with Gasteiger partial charge in [0, 0.05) is 18.8 Å². The summed E-state index contributed by atoms with van der Waals surface area (Å²) in [6.07, 6.45) is 7.93. The molecule has 0 aromatic carbocycles. The van der Waals surface area contributed by atoms with Gasteiger partial charge < -0.3 is 19.3 Å². The van der Waals surface area contributed by atoms with Gasteiger partial charge in [0.1, 0.15) is 6.10 Å². The van der Waals surface area contributed by atoms with E-state index in [0.29, 0.717) is 36.9 Å². The van der Waals surface area contributed by atoms with E-state index in [1.807, 2.05) is 0 Å². The molecule has 0 aromatic rings. The van der Waals surface area contributed by atoms with Crippen LogP contribution in [0.3, 0.4) is 0 Å². The lowest BCUT2D eigenvalue weighted by molar-refractivity contribution is -0.256.